The van der Waals surface area contributed by atoms with Gasteiger partial charge >= 0.3 is 5.97 Å². The van der Waals surface area contributed by atoms with Gasteiger partial charge in [-0.15, -0.1) is 0 Å². The molecule has 2 heterocycles. The van der Waals surface area contributed by atoms with Crippen molar-refractivity contribution < 1.29 is 14.7 Å². The van der Waals surface area contributed by atoms with E-state index in [1.807, 2.05) is 24.3 Å². The highest BCUT2D eigenvalue weighted by atomic mass is 32.2. The SMILES string of the molecule is CN=C1S/C(=C\c2cn(CC(=O)O)c3ccccc23)C(=O)N1C. The highest BCUT2D eigenvalue weighted by molar-refractivity contribution is 8.18. The maximum absolute atomic E-state index is 12.3. The molecule has 0 radical (unpaired) electrons. The Morgan fingerprint density at radius 3 is 2.78 bits per heavy atom. The molecule has 0 saturated carbocycles. The molecule has 1 aliphatic rings. The van der Waals surface area contributed by atoms with Gasteiger partial charge in [-0.25, -0.2) is 0 Å². The van der Waals surface area contributed by atoms with Crippen molar-refractivity contribution in [2.24, 2.45) is 4.99 Å². The van der Waals surface area contributed by atoms with Gasteiger partial charge in [0.2, 0.25) is 0 Å². The fourth-order valence-electron chi connectivity index (χ4n) is 2.56. The summed E-state index contributed by atoms with van der Waals surface area (Å²) in [7, 11) is 3.33. The van der Waals surface area contributed by atoms with E-state index in [1.54, 1.807) is 30.9 Å². The molecule has 23 heavy (non-hydrogen) atoms. The zero-order valence-corrected chi connectivity index (χ0v) is 13.5. The second kappa shape index (κ2) is 5.92. The first-order valence-corrected chi connectivity index (χ1v) is 7.77. The number of aromatic nitrogens is 1. The monoisotopic (exact) mass is 329 g/mol. The number of para-hydroxylation sites is 1. The molecule has 1 aromatic heterocycles. The molecule has 6 nitrogen and oxygen atoms in total. The number of aliphatic imine (C=N–C) groups is 1. The molecule has 118 valence electrons. The van der Waals surface area contributed by atoms with Crippen molar-refractivity contribution in [1.29, 1.82) is 0 Å². The van der Waals surface area contributed by atoms with Crippen LogP contribution in [0.5, 0.6) is 0 Å². The van der Waals surface area contributed by atoms with Crippen LogP contribution in [-0.2, 0) is 16.1 Å². The first-order valence-electron chi connectivity index (χ1n) is 6.95. The zero-order chi connectivity index (χ0) is 16.6. The largest absolute Gasteiger partial charge is 0.480 e. The molecule has 1 aromatic carbocycles. The summed E-state index contributed by atoms with van der Waals surface area (Å²) >= 11 is 1.32. The van der Waals surface area contributed by atoms with E-state index in [2.05, 4.69) is 4.99 Å². The Hall–Kier alpha value is -2.54. The number of rotatable bonds is 3. The molecule has 3 rings (SSSR count). The van der Waals surface area contributed by atoms with E-state index >= 15 is 0 Å². The molecule has 1 amide bonds. The number of likely N-dealkylation sites (N-methyl/N-ethyl adjacent to an activating group) is 1. The minimum absolute atomic E-state index is 0.106. The number of carbonyl (C=O) groups is 2. The van der Waals surface area contributed by atoms with E-state index in [0.29, 0.717) is 10.1 Å². The van der Waals surface area contributed by atoms with Gasteiger partial charge in [0.05, 0.1) is 4.91 Å². The lowest BCUT2D eigenvalue weighted by atomic mass is 10.1. The third-order valence-corrected chi connectivity index (χ3v) is 4.76. The molecular weight excluding hydrogens is 314 g/mol. The van der Waals surface area contributed by atoms with Crippen molar-refractivity contribution in [3.05, 3.63) is 40.9 Å². The summed E-state index contributed by atoms with van der Waals surface area (Å²) in [5, 5.41) is 10.6. The lowest BCUT2D eigenvalue weighted by molar-refractivity contribution is -0.137. The van der Waals surface area contributed by atoms with Gasteiger partial charge < -0.3 is 9.67 Å². The molecular formula is C16H15N3O3S. The van der Waals surface area contributed by atoms with Gasteiger partial charge in [0.15, 0.2) is 5.17 Å². The average molecular weight is 329 g/mol. The van der Waals surface area contributed by atoms with Crippen molar-refractivity contribution >= 4 is 45.8 Å². The Labute approximate surface area is 137 Å². The predicted molar refractivity (Wildman–Crippen MR) is 91.3 cm³/mol. The normalized spacial score (nSPS) is 18.5. The molecule has 0 aliphatic carbocycles. The predicted octanol–water partition coefficient (Wildman–Crippen LogP) is 2.26. The summed E-state index contributed by atoms with van der Waals surface area (Å²) in [6, 6.07) is 7.55. The number of nitrogens with zero attached hydrogens (tertiary/aromatic N) is 3. The maximum atomic E-state index is 12.3. The van der Waals surface area contributed by atoms with E-state index in [9.17, 15) is 9.59 Å². The number of benzene rings is 1. The smallest absolute Gasteiger partial charge is 0.323 e. The molecule has 0 unspecified atom stereocenters. The van der Waals surface area contributed by atoms with Gasteiger partial charge in [0.1, 0.15) is 6.54 Å². The van der Waals surface area contributed by atoms with Crippen molar-refractivity contribution in [1.82, 2.24) is 9.47 Å². The number of fused-ring (bicyclic) bond motifs is 1. The number of hydrogen-bond donors (Lipinski definition) is 1. The van der Waals surface area contributed by atoms with Crippen LogP contribution < -0.4 is 0 Å². The molecule has 1 saturated heterocycles. The first kappa shape index (κ1) is 15.4. The standard InChI is InChI=1S/C16H15N3O3S/c1-17-16-18(2)15(22)13(23-16)7-10-8-19(9-14(20)21)12-6-4-3-5-11(10)12/h3-8H,9H2,1-2H3,(H,20,21)/b13-7-,17-16?. The lowest BCUT2D eigenvalue weighted by Crippen LogP contribution is -2.23. The number of carboxylic acid groups (broad SMARTS) is 1. The van der Waals surface area contributed by atoms with Crippen LogP contribution >= 0.6 is 11.8 Å². The Morgan fingerprint density at radius 2 is 2.13 bits per heavy atom. The highest BCUT2D eigenvalue weighted by Gasteiger charge is 2.30. The molecule has 1 N–H and O–H groups in total. The molecule has 0 spiro atoms. The van der Waals surface area contributed by atoms with E-state index in [-0.39, 0.29) is 12.5 Å². The summed E-state index contributed by atoms with van der Waals surface area (Å²) < 4.78 is 1.67. The highest BCUT2D eigenvalue weighted by Crippen LogP contribution is 2.33. The van der Waals surface area contributed by atoms with E-state index in [1.165, 1.54) is 16.7 Å². The minimum atomic E-state index is -0.906. The van der Waals surface area contributed by atoms with Crippen LogP contribution in [0.1, 0.15) is 5.56 Å². The third-order valence-electron chi connectivity index (χ3n) is 3.61. The Balaban J connectivity index is 2.09. The summed E-state index contributed by atoms with van der Waals surface area (Å²) in [6.45, 7) is -0.119. The van der Waals surface area contributed by atoms with Crippen LogP contribution in [0.25, 0.3) is 17.0 Å². The lowest BCUT2D eigenvalue weighted by Gasteiger charge is -2.04. The summed E-state index contributed by atoms with van der Waals surface area (Å²) in [5.41, 5.74) is 1.65. The molecule has 1 fully saturated rings. The van der Waals surface area contributed by atoms with E-state index < -0.39 is 5.97 Å². The topological polar surface area (TPSA) is 74.9 Å². The van der Waals surface area contributed by atoms with Gasteiger partial charge in [-0.2, -0.15) is 0 Å². The van der Waals surface area contributed by atoms with Gasteiger partial charge in [-0.1, -0.05) is 18.2 Å². The van der Waals surface area contributed by atoms with E-state index in [4.69, 9.17) is 5.11 Å². The second-order valence-electron chi connectivity index (χ2n) is 5.10. The Morgan fingerprint density at radius 1 is 1.39 bits per heavy atom. The Bertz CT molecular complexity index is 867. The van der Waals surface area contributed by atoms with Gasteiger partial charge in [-0.3, -0.25) is 19.5 Å². The van der Waals surface area contributed by atoms with E-state index in [0.717, 1.165) is 16.5 Å². The average Bonchev–Trinajstić information content (AvgIpc) is 3.00. The van der Waals surface area contributed by atoms with Crippen LogP contribution in [0.3, 0.4) is 0 Å². The van der Waals surface area contributed by atoms with Gasteiger partial charge in [0, 0.05) is 36.8 Å². The molecule has 2 aromatic rings. The van der Waals surface area contributed by atoms with Crippen molar-refractivity contribution in [3.8, 4) is 0 Å². The summed E-state index contributed by atoms with van der Waals surface area (Å²) in [5.74, 6) is -1.01. The number of carboxylic acids is 1. The number of aliphatic carboxylic acids is 1. The first-order chi connectivity index (χ1) is 11.0. The number of amides is 1. The van der Waals surface area contributed by atoms with Crippen molar-refractivity contribution in [3.63, 3.8) is 0 Å². The summed E-state index contributed by atoms with van der Waals surface area (Å²) in [4.78, 5) is 29.4. The minimum Gasteiger partial charge on any atom is -0.480 e. The van der Waals surface area contributed by atoms with Crippen molar-refractivity contribution in [2.45, 2.75) is 6.54 Å². The van der Waals surface area contributed by atoms with Crippen LogP contribution in [0.2, 0.25) is 0 Å². The van der Waals surface area contributed by atoms with Crippen LogP contribution in [0.4, 0.5) is 0 Å². The second-order valence-corrected chi connectivity index (χ2v) is 6.11. The number of hydrogen-bond acceptors (Lipinski definition) is 4. The number of thioether (sulfide) groups is 1. The quantitative estimate of drug-likeness (QED) is 0.877. The molecule has 0 atom stereocenters. The number of carbonyl (C=O) groups excluding carboxylic acids is 1. The summed E-state index contributed by atoms with van der Waals surface area (Å²) in [6.07, 6.45) is 3.56. The van der Waals surface area contributed by atoms with Crippen LogP contribution in [-0.4, -0.2) is 45.7 Å². The van der Waals surface area contributed by atoms with Gasteiger partial charge in [-0.05, 0) is 23.9 Å². The molecule has 7 heteroatoms. The molecule has 1 aliphatic heterocycles. The molecule has 0 bridgehead atoms. The van der Waals surface area contributed by atoms with Gasteiger partial charge in [0.25, 0.3) is 5.91 Å². The Kier molecular flexibility index (Phi) is 3.96. The van der Waals surface area contributed by atoms with Crippen LogP contribution in [0, 0.1) is 0 Å². The maximum Gasteiger partial charge on any atom is 0.323 e. The van der Waals surface area contributed by atoms with Crippen molar-refractivity contribution in [2.75, 3.05) is 14.1 Å². The number of amidine groups is 1. The van der Waals surface area contributed by atoms with Crippen LogP contribution in [0.15, 0.2) is 40.4 Å². The fourth-order valence-corrected chi connectivity index (χ4v) is 3.48. The third kappa shape index (κ3) is 2.75. The zero-order valence-electron chi connectivity index (χ0n) is 12.7. The fraction of sp³-hybridized carbons (Fsp3) is 0.188.